The van der Waals surface area contributed by atoms with Gasteiger partial charge in [0.1, 0.15) is 18.2 Å². The molecule has 3 rings (SSSR count). The van der Waals surface area contributed by atoms with E-state index < -0.39 is 5.97 Å². The summed E-state index contributed by atoms with van der Waals surface area (Å²) in [5, 5.41) is 12.5. The second kappa shape index (κ2) is 8.66. The summed E-state index contributed by atoms with van der Waals surface area (Å²) in [5.41, 5.74) is 8.23. The normalized spacial score (nSPS) is 15.8. The first-order chi connectivity index (χ1) is 13.1. The van der Waals surface area contributed by atoms with Crippen molar-refractivity contribution in [3.8, 4) is 5.75 Å². The van der Waals surface area contributed by atoms with Crippen molar-refractivity contribution in [1.82, 2.24) is 10.2 Å². The van der Waals surface area contributed by atoms with Crippen molar-refractivity contribution in [2.24, 2.45) is 10.7 Å². The molecular weight excluding hydrogens is 344 g/mol. The van der Waals surface area contributed by atoms with Gasteiger partial charge in [-0.2, -0.15) is 0 Å². The number of carboxylic acids is 1. The van der Waals surface area contributed by atoms with E-state index in [0.29, 0.717) is 25.4 Å². The summed E-state index contributed by atoms with van der Waals surface area (Å²) in [5.74, 6) is 0.328. The number of carbonyl (C=O) groups is 1. The van der Waals surface area contributed by atoms with Crippen molar-refractivity contribution in [3.05, 3.63) is 60.2 Å². The fourth-order valence-corrected chi connectivity index (χ4v) is 2.97. The van der Waals surface area contributed by atoms with Crippen LogP contribution < -0.4 is 15.8 Å². The molecule has 2 aliphatic rings. The van der Waals surface area contributed by atoms with E-state index in [0.717, 1.165) is 42.1 Å². The average molecular weight is 368 g/mol. The third kappa shape index (κ3) is 4.45. The van der Waals surface area contributed by atoms with Gasteiger partial charge >= 0.3 is 5.97 Å². The molecule has 7 heteroatoms. The molecule has 0 amide bonds. The molecule has 2 heterocycles. The van der Waals surface area contributed by atoms with Crippen LogP contribution in [0.5, 0.6) is 5.75 Å². The number of ether oxygens (including phenoxy) is 1. The van der Waals surface area contributed by atoms with E-state index in [2.05, 4.69) is 16.9 Å². The molecule has 4 N–H and O–H groups in total. The predicted molar refractivity (Wildman–Crippen MR) is 105 cm³/mol. The highest BCUT2D eigenvalue weighted by Gasteiger charge is 2.29. The molecule has 0 atom stereocenters. The molecule has 1 aromatic rings. The summed E-state index contributed by atoms with van der Waals surface area (Å²) in [7, 11) is 0. The third-order valence-electron chi connectivity index (χ3n) is 4.33. The topological polar surface area (TPSA) is 100 Å². The molecule has 27 heavy (non-hydrogen) atoms. The summed E-state index contributed by atoms with van der Waals surface area (Å²) in [6.45, 7) is 6.93. The Morgan fingerprint density at radius 1 is 1.41 bits per heavy atom. The Labute approximate surface area is 158 Å². The molecule has 0 radical (unpaired) electrons. The van der Waals surface area contributed by atoms with Crippen LogP contribution >= 0.6 is 0 Å². The van der Waals surface area contributed by atoms with Crippen LogP contribution in [0, 0.1) is 0 Å². The van der Waals surface area contributed by atoms with Crippen LogP contribution in [0.25, 0.3) is 5.57 Å². The summed E-state index contributed by atoms with van der Waals surface area (Å²) in [4.78, 5) is 17.4. The van der Waals surface area contributed by atoms with E-state index in [1.807, 2.05) is 29.2 Å². The predicted octanol–water partition coefficient (Wildman–Crippen LogP) is 1.94. The smallest absolute Gasteiger partial charge is 0.354 e. The number of fused-ring (bicyclic) bond motifs is 1. The van der Waals surface area contributed by atoms with Crippen LogP contribution in [0.15, 0.2) is 59.6 Å². The molecule has 0 spiro atoms. The lowest BCUT2D eigenvalue weighted by Crippen LogP contribution is -2.23. The maximum Gasteiger partial charge on any atom is 0.354 e. The van der Waals surface area contributed by atoms with Crippen LogP contribution in [0.2, 0.25) is 0 Å². The molecule has 0 saturated heterocycles. The van der Waals surface area contributed by atoms with Crippen LogP contribution in [0.4, 0.5) is 0 Å². The Bertz CT molecular complexity index is 826. The standard InChI is InChI=1S/C20H24N4O3/c1-14-12-17(19-23-18(20(25)26)6-10-24(14)19)15-4-2-5-16(13-15)27-11-9-22-8-3-7-21/h2,4-6,10,13,22H,1,3,7-9,11-12,21H2,(H,25,26). The molecule has 0 unspecified atom stereocenters. The number of benzene rings is 1. The van der Waals surface area contributed by atoms with Crippen molar-refractivity contribution >= 4 is 17.3 Å². The van der Waals surface area contributed by atoms with Crippen LogP contribution in [0.3, 0.4) is 0 Å². The molecule has 7 nitrogen and oxygen atoms in total. The van der Waals surface area contributed by atoms with E-state index >= 15 is 0 Å². The van der Waals surface area contributed by atoms with Crippen molar-refractivity contribution in [2.45, 2.75) is 12.8 Å². The third-order valence-corrected chi connectivity index (χ3v) is 4.33. The number of nitrogens with one attached hydrogen (secondary N) is 1. The quantitative estimate of drug-likeness (QED) is 0.576. The van der Waals surface area contributed by atoms with Gasteiger partial charge in [0, 0.05) is 30.4 Å². The number of allylic oxidation sites excluding steroid dienone is 1. The summed E-state index contributed by atoms with van der Waals surface area (Å²) >= 11 is 0. The maximum absolute atomic E-state index is 11.3. The van der Waals surface area contributed by atoms with Crippen molar-refractivity contribution in [3.63, 3.8) is 0 Å². The molecule has 0 fully saturated rings. The lowest BCUT2D eigenvalue weighted by molar-refractivity contribution is -0.129. The lowest BCUT2D eigenvalue weighted by Gasteiger charge is -2.19. The average Bonchev–Trinajstić information content (AvgIpc) is 3.01. The number of hydrogen-bond acceptors (Lipinski definition) is 6. The number of nitrogens with two attached hydrogens (primary N) is 1. The number of nitrogens with zero attached hydrogens (tertiary/aromatic N) is 2. The molecule has 0 aliphatic carbocycles. The second-order valence-electron chi connectivity index (χ2n) is 6.30. The van der Waals surface area contributed by atoms with E-state index in [1.165, 1.54) is 6.08 Å². The minimum absolute atomic E-state index is 0.0180. The second-order valence-corrected chi connectivity index (χ2v) is 6.30. The first-order valence-corrected chi connectivity index (χ1v) is 8.94. The first kappa shape index (κ1) is 18.9. The highest BCUT2D eigenvalue weighted by Crippen LogP contribution is 2.40. The van der Waals surface area contributed by atoms with Crippen molar-refractivity contribution in [1.29, 1.82) is 0 Å². The molecule has 0 aromatic heterocycles. The molecule has 142 valence electrons. The minimum atomic E-state index is -1.05. The number of rotatable bonds is 9. The molecule has 2 aliphatic heterocycles. The SMILES string of the molecule is C=C1CC(c2cccc(OCCNCCCN)c2)=C2N=C(C(=O)O)C=CN12. The minimum Gasteiger partial charge on any atom is -0.492 e. The van der Waals surface area contributed by atoms with Gasteiger partial charge < -0.3 is 25.8 Å². The zero-order valence-electron chi connectivity index (χ0n) is 15.1. The fourth-order valence-electron chi connectivity index (χ4n) is 2.97. The largest absolute Gasteiger partial charge is 0.492 e. The highest BCUT2D eigenvalue weighted by molar-refractivity contribution is 6.40. The maximum atomic E-state index is 11.3. The van der Waals surface area contributed by atoms with Gasteiger partial charge in [-0.15, -0.1) is 0 Å². The van der Waals surface area contributed by atoms with E-state index in [9.17, 15) is 9.90 Å². The molecular formula is C20H24N4O3. The zero-order chi connectivity index (χ0) is 19.2. The van der Waals surface area contributed by atoms with Crippen LogP contribution in [0.1, 0.15) is 18.4 Å². The van der Waals surface area contributed by atoms with Gasteiger partial charge in [0.05, 0.1) is 0 Å². The molecule has 0 bridgehead atoms. The highest BCUT2D eigenvalue weighted by atomic mass is 16.5. The van der Waals surface area contributed by atoms with Crippen LogP contribution in [-0.4, -0.2) is 47.9 Å². The van der Waals surface area contributed by atoms with Crippen molar-refractivity contribution in [2.75, 3.05) is 26.2 Å². The number of aliphatic carboxylic acids is 1. The Hall–Kier alpha value is -2.90. The summed E-state index contributed by atoms with van der Waals surface area (Å²) in [6.07, 6.45) is 4.74. The van der Waals surface area contributed by atoms with Gasteiger partial charge in [0.15, 0.2) is 5.71 Å². The number of carboxylic acid groups (broad SMARTS) is 1. The van der Waals surface area contributed by atoms with Gasteiger partial charge in [-0.25, -0.2) is 9.79 Å². The van der Waals surface area contributed by atoms with Crippen molar-refractivity contribution < 1.29 is 14.6 Å². The lowest BCUT2D eigenvalue weighted by atomic mass is 10.0. The monoisotopic (exact) mass is 368 g/mol. The Kier molecular flexibility index (Phi) is 6.05. The zero-order valence-corrected chi connectivity index (χ0v) is 15.1. The fraction of sp³-hybridized carbons (Fsp3) is 0.300. The molecule has 0 saturated carbocycles. The van der Waals surface area contributed by atoms with Gasteiger partial charge in [-0.3, -0.25) is 0 Å². The van der Waals surface area contributed by atoms with E-state index in [1.54, 1.807) is 6.20 Å². The Balaban J connectivity index is 1.74. The summed E-state index contributed by atoms with van der Waals surface area (Å²) in [6, 6.07) is 7.75. The number of hydrogen-bond donors (Lipinski definition) is 3. The summed E-state index contributed by atoms with van der Waals surface area (Å²) < 4.78 is 5.81. The molecule has 1 aromatic carbocycles. The van der Waals surface area contributed by atoms with E-state index in [-0.39, 0.29) is 5.71 Å². The van der Waals surface area contributed by atoms with Gasteiger partial charge in [0.2, 0.25) is 0 Å². The Morgan fingerprint density at radius 3 is 3.04 bits per heavy atom. The van der Waals surface area contributed by atoms with Crippen LogP contribution in [-0.2, 0) is 4.79 Å². The van der Waals surface area contributed by atoms with Gasteiger partial charge in [0.25, 0.3) is 0 Å². The van der Waals surface area contributed by atoms with Gasteiger partial charge in [-0.05, 0) is 43.3 Å². The number of aliphatic imine (C=N–C) groups is 1. The van der Waals surface area contributed by atoms with Gasteiger partial charge in [-0.1, -0.05) is 18.7 Å². The van der Waals surface area contributed by atoms with E-state index in [4.69, 9.17) is 10.5 Å². The first-order valence-electron chi connectivity index (χ1n) is 8.94. The Morgan fingerprint density at radius 2 is 2.26 bits per heavy atom.